The van der Waals surface area contributed by atoms with Gasteiger partial charge < -0.3 is 9.47 Å². The van der Waals surface area contributed by atoms with E-state index in [1.807, 2.05) is 0 Å². The van der Waals surface area contributed by atoms with Gasteiger partial charge in [0.15, 0.2) is 5.71 Å². The molecule has 0 unspecified atom stereocenters. The smallest absolute Gasteiger partial charge is 0.296 e. The van der Waals surface area contributed by atoms with Crippen molar-refractivity contribution in [2.75, 3.05) is 25.1 Å². The average Bonchev–Trinajstić information content (AvgIpc) is 3.12. The average molecular weight is 795 g/mol. The predicted octanol–water partition coefficient (Wildman–Crippen LogP) is 4.40. The van der Waals surface area contributed by atoms with Gasteiger partial charge in [-0.3, -0.25) is 34.1 Å². The first-order valence-electron chi connectivity index (χ1n) is 15.1. The molecule has 0 spiro atoms. The lowest BCUT2D eigenvalue weighted by Gasteiger charge is -2.17. The first-order valence-corrected chi connectivity index (χ1v) is 19.5. The molecule has 0 heterocycles. The van der Waals surface area contributed by atoms with E-state index < -0.39 is 62.3 Å². The zero-order chi connectivity index (χ0) is 39.2. The van der Waals surface area contributed by atoms with E-state index in [2.05, 4.69) is 21.1 Å². The third kappa shape index (κ3) is 7.42. The fourth-order valence-corrected chi connectivity index (χ4v) is 7.43. The second-order valence-corrected chi connectivity index (χ2v) is 15.6. The lowest BCUT2D eigenvalue weighted by Crippen LogP contribution is -2.27. The summed E-state index contributed by atoms with van der Waals surface area (Å²) in [4.78, 5) is 24.3. The Morgan fingerprint density at radius 3 is 1.67 bits per heavy atom. The molecule has 0 atom stereocenters. The van der Waals surface area contributed by atoms with E-state index in [4.69, 9.17) is 9.47 Å². The van der Waals surface area contributed by atoms with Crippen LogP contribution in [0.3, 0.4) is 0 Å². The van der Waals surface area contributed by atoms with Crippen LogP contribution in [0.4, 0.5) is 11.4 Å². The molecule has 4 aromatic rings. The van der Waals surface area contributed by atoms with Crippen LogP contribution in [0.5, 0.6) is 11.5 Å². The van der Waals surface area contributed by atoms with Crippen LogP contribution in [0, 0.1) is 0 Å². The van der Waals surface area contributed by atoms with Crippen molar-refractivity contribution in [3.63, 3.8) is 0 Å². The Bertz CT molecular complexity index is 2760. The molecule has 0 radical (unpaired) electrons. The fraction of sp³-hybridized carbons (Fsp3) is 0.0588. The number of ketones is 2. The molecular weight excluding hydrogens is 769 g/mol. The number of hydrazone groups is 2. The van der Waals surface area contributed by atoms with Gasteiger partial charge in [-0.2, -0.15) is 35.5 Å². The van der Waals surface area contributed by atoms with Crippen LogP contribution in [0.15, 0.2) is 105 Å². The zero-order valence-corrected chi connectivity index (χ0v) is 30.2. The summed E-state index contributed by atoms with van der Waals surface area (Å²) in [7, 11) is -11.7. The predicted molar refractivity (Wildman–Crippen MR) is 198 cm³/mol. The van der Waals surface area contributed by atoms with Crippen molar-refractivity contribution in [3.05, 3.63) is 112 Å². The molecule has 54 heavy (non-hydrogen) atoms. The van der Waals surface area contributed by atoms with Crippen LogP contribution in [-0.4, -0.2) is 76.1 Å². The van der Waals surface area contributed by atoms with Gasteiger partial charge in [0, 0.05) is 16.7 Å². The number of carbonyl (C=O) groups excluding carboxylic acids is 2. The van der Waals surface area contributed by atoms with Crippen molar-refractivity contribution >= 4 is 75.7 Å². The van der Waals surface area contributed by atoms with Crippen molar-refractivity contribution in [2.45, 2.75) is 4.90 Å². The zero-order valence-electron chi connectivity index (χ0n) is 27.7. The molecule has 0 amide bonds. The van der Waals surface area contributed by atoms with E-state index in [0.29, 0.717) is 16.8 Å². The van der Waals surface area contributed by atoms with Gasteiger partial charge in [-0.25, -0.2) is 0 Å². The van der Waals surface area contributed by atoms with Crippen LogP contribution < -0.4 is 20.3 Å². The molecule has 0 aromatic heterocycles. The number of hydrogen-bond acceptors (Lipinski definition) is 14. The highest BCUT2D eigenvalue weighted by Crippen LogP contribution is 2.36. The highest BCUT2D eigenvalue weighted by molar-refractivity contribution is 7.95. The van der Waals surface area contributed by atoms with Crippen LogP contribution in [-0.2, 0) is 30.4 Å². The van der Waals surface area contributed by atoms with Crippen LogP contribution in [0.1, 0.15) is 31.8 Å². The number of hydrogen-bond donors (Lipinski definition) is 5. The third-order valence-corrected chi connectivity index (χ3v) is 10.7. The molecule has 2 aliphatic carbocycles. The van der Waals surface area contributed by atoms with Crippen LogP contribution in [0.25, 0.3) is 22.1 Å². The van der Waals surface area contributed by atoms with Gasteiger partial charge in [0.05, 0.1) is 30.5 Å². The summed E-state index contributed by atoms with van der Waals surface area (Å²) in [6, 6.07) is 18.4. The van der Waals surface area contributed by atoms with Gasteiger partial charge in [-0.1, -0.05) is 36.4 Å². The standard InChI is InChI=1S/C34H26N4O13S3/c1-50-28-14-18(7-11-25(28)35-37-27-17-30(53(44,45)46)23-5-3-4-6-24(23)33(27)39)19-8-12-26(29(15-19)51-2)36-38-32-31(54(47,48)49)16-20-13-21(52(41,42)43)9-10-22(20)34(32)40/h3-17,35-36H,1-2H3,(H,41,42,43)(H,44,45,46)(H,47,48,49)/b37-27+,38-32-. The summed E-state index contributed by atoms with van der Waals surface area (Å²) >= 11 is 0. The van der Waals surface area contributed by atoms with Crippen molar-refractivity contribution in [2.24, 2.45) is 10.2 Å². The number of Topliss-reactive ketones (excluding diaryl/α,β-unsaturated/α-hetero) is 2. The molecule has 5 N–H and O–H groups in total. The molecule has 0 fully saturated rings. The molecule has 0 saturated heterocycles. The number of nitrogens with one attached hydrogen (secondary N) is 2. The van der Waals surface area contributed by atoms with E-state index in [-0.39, 0.29) is 45.2 Å². The lowest BCUT2D eigenvalue weighted by molar-refractivity contribution is 0.105. The van der Waals surface area contributed by atoms with Gasteiger partial charge in [0.1, 0.15) is 27.0 Å². The molecule has 2 aliphatic rings. The molecule has 278 valence electrons. The molecule has 0 bridgehead atoms. The molecule has 4 aromatic carbocycles. The van der Waals surface area contributed by atoms with Gasteiger partial charge in [0.25, 0.3) is 30.4 Å². The van der Waals surface area contributed by atoms with Crippen molar-refractivity contribution in [1.29, 1.82) is 0 Å². The molecule has 0 aliphatic heterocycles. The van der Waals surface area contributed by atoms with Gasteiger partial charge in [-0.15, -0.1) is 0 Å². The maximum atomic E-state index is 13.3. The Morgan fingerprint density at radius 2 is 1.13 bits per heavy atom. The Labute approximate surface area is 307 Å². The second-order valence-electron chi connectivity index (χ2n) is 11.4. The number of allylic oxidation sites excluding steroid dienone is 2. The minimum Gasteiger partial charge on any atom is -0.494 e. The summed E-state index contributed by atoms with van der Waals surface area (Å²) in [5.74, 6) is -1.11. The first-order chi connectivity index (χ1) is 25.4. The van der Waals surface area contributed by atoms with E-state index in [0.717, 1.165) is 30.4 Å². The van der Waals surface area contributed by atoms with E-state index in [9.17, 15) is 48.5 Å². The molecule has 20 heteroatoms. The van der Waals surface area contributed by atoms with Gasteiger partial charge >= 0.3 is 0 Å². The number of rotatable bonds is 10. The number of benzene rings is 4. The molecule has 17 nitrogen and oxygen atoms in total. The fourth-order valence-electron chi connectivity index (χ4n) is 5.54. The maximum Gasteiger partial charge on any atom is 0.296 e. The Kier molecular flexibility index (Phi) is 9.83. The summed E-state index contributed by atoms with van der Waals surface area (Å²) in [6.07, 6.45) is 1.81. The summed E-state index contributed by atoms with van der Waals surface area (Å²) in [5, 5.41) is 8.03. The number of fused-ring (bicyclic) bond motifs is 2. The quantitative estimate of drug-likeness (QED) is 0.110. The van der Waals surface area contributed by atoms with Crippen molar-refractivity contribution < 1.29 is 58.0 Å². The minimum atomic E-state index is -5.06. The van der Waals surface area contributed by atoms with Gasteiger partial charge in [0.2, 0.25) is 11.6 Å². The summed E-state index contributed by atoms with van der Waals surface area (Å²) in [5.41, 5.74) is 5.65. The molecule has 6 rings (SSSR count). The Hall–Kier alpha value is -6.03. The summed E-state index contributed by atoms with van der Waals surface area (Å²) < 4.78 is 112. The van der Waals surface area contributed by atoms with Crippen molar-refractivity contribution in [1.82, 2.24) is 0 Å². The molecule has 0 saturated carbocycles. The van der Waals surface area contributed by atoms with Crippen LogP contribution in [0.2, 0.25) is 0 Å². The van der Waals surface area contributed by atoms with Gasteiger partial charge in [-0.05, 0) is 71.3 Å². The maximum absolute atomic E-state index is 13.3. The molecular formula is C34H26N4O13S3. The van der Waals surface area contributed by atoms with E-state index >= 15 is 0 Å². The van der Waals surface area contributed by atoms with E-state index in [1.54, 1.807) is 36.4 Å². The number of nitrogens with zero attached hydrogens (tertiary/aromatic N) is 2. The Morgan fingerprint density at radius 1 is 0.574 bits per heavy atom. The normalized spacial score (nSPS) is 15.9. The number of methoxy groups -OCH3 is 2. The second kappa shape index (κ2) is 14.1. The minimum absolute atomic E-state index is 0.0386. The Balaban J connectivity index is 1.28. The SMILES string of the molecule is COc1cc(-c2ccc(N/N=C3\C(=O)c4ccc(S(=O)(=O)O)cc4C=C3S(=O)(=O)O)c(OC)c2)ccc1N/N=C1\C=C(S(=O)(=O)O)c2ccccc2C1=O. The third-order valence-electron chi connectivity index (χ3n) is 8.12. The monoisotopic (exact) mass is 794 g/mol. The van der Waals surface area contributed by atoms with E-state index in [1.165, 1.54) is 38.5 Å². The van der Waals surface area contributed by atoms with Crippen LogP contribution >= 0.6 is 0 Å². The number of ether oxygens (including phenoxy) is 2. The largest absolute Gasteiger partial charge is 0.494 e. The topological polar surface area (TPSA) is 264 Å². The lowest BCUT2D eigenvalue weighted by atomic mass is 9.95. The first kappa shape index (κ1) is 37.7. The number of anilines is 2. The highest BCUT2D eigenvalue weighted by Gasteiger charge is 2.34. The van der Waals surface area contributed by atoms with Crippen molar-refractivity contribution in [3.8, 4) is 22.6 Å². The number of carbonyl (C=O) groups is 2. The highest BCUT2D eigenvalue weighted by atomic mass is 32.2. The summed E-state index contributed by atoms with van der Waals surface area (Å²) in [6.45, 7) is 0.